The van der Waals surface area contributed by atoms with Crippen molar-refractivity contribution >= 4 is 5.91 Å². The van der Waals surface area contributed by atoms with Crippen LogP contribution in [-0.2, 0) is 0 Å². The van der Waals surface area contributed by atoms with Gasteiger partial charge in [-0.1, -0.05) is 0 Å². The molecule has 0 bridgehead atoms. The lowest BCUT2D eigenvalue weighted by molar-refractivity contribution is 0.0615. The number of nitrogens with zero attached hydrogens (tertiary/aromatic N) is 2. The molecule has 1 aromatic heterocycles. The van der Waals surface area contributed by atoms with Crippen LogP contribution in [0.1, 0.15) is 23.3 Å². The van der Waals surface area contributed by atoms with Gasteiger partial charge in [-0.3, -0.25) is 4.79 Å². The summed E-state index contributed by atoms with van der Waals surface area (Å²) in [4.78, 5) is 17.5. The van der Waals surface area contributed by atoms with E-state index in [4.69, 9.17) is 5.11 Å². The van der Waals surface area contributed by atoms with Crippen molar-refractivity contribution in [3.63, 3.8) is 0 Å². The highest BCUT2D eigenvalue weighted by Gasteiger charge is 2.24. The highest BCUT2D eigenvalue weighted by atomic mass is 19.1. The lowest BCUT2D eigenvalue weighted by Crippen LogP contribution is -2.41. The number of aromatic nitrogens is 1. The topological polar surface area (TPSA) is 53.4 Å². The molecule has 1 amide bonds. The van der Waals surface area contributed by atoms with E-state index in [1.807, 2.05) is 0 Å². The molecule has 92 valence electrons. The first kappa shape index (κ1) is 12.0. The molecule has 4 nitrogen and oxygen atoms in total. The van der Waals surface area contributed by atoms with Gasteiger partial charge in [-0.25, -0.2) is 9.37 Å². The van der Waals surface area contributed by atoms with E-state index >= 15 is 0 Å². The Bertz CT molecular complexity index is 394. The van der Waals surface area contributed by atoms with Gasteiger partial charge < -0.3 is 10.0 Å². The first-order valence-electron chi connectivity index (χ1n) is 5.72. The van der Waals surface area contributed by atoms with E-state index in [1.165, 1.54) is 12.1 Å². The van der Waals surface area contributed by atoms with Crippen LogP contribution < -0.4 is 0 Å². The summed E-state index contributed by atoms with van der Waals surface area (Å²) in [5.74, 6) is -0.496. The molecule has 0 aromatic carbocycles. The van der Waals surface area contributed by atoms with Gasteiger partial charge in [0.15, 0.2) is 0 Å². The number of aliphatic hydroxyl groups excluding tert-OH is 1. The minimum atomic E-state index is -0.451. The number of halogens is 1. The van der Waals surface area contributed by atoms with Crippen molar-refractivity contribution in [3.8, 4) is 0 Å². The normalized spacial score (nSPS) is 20.4. The average Bonchev–Trinajstić information content (AvgIpc) is 2.39. The number of aliphatic hydroxyl groups is 1. The summed E-state index contributed by atoms with van der Waals surface area (Å²) in [5, 5.41) is 9.09. The summed E-state index contributed by atoms with van der Waals surface area (Å²) in [5.41, 5.74) is 0.255. The standard InChI is InChI=1S/C12H15FN2O2/c13-10-3-4-11(14-6-10)12(17)15-5-1-2-9(7-15)8-16/h3-4,6,9,16H,1-2,5,7-8H2. The van der Waals surface area contributed by atoms with E-state index in [0.717, 1.165) is 19.0 Å². The molecular weight excluding hydrogens is 223 g/mol. The molecule has 0 aliphatic carbocycles. The van der Waals surface area contributed by atoms with Crippen LogP contribution in [-0.4, -0.2) is 40.6 Å². The van der Waals surface area contributed by atoms with Crippen LogP contribution in [0.5, 0.6) is 0 Å². The van der Waals surface area contributed by atoms with Crippen molar-refractivity contribution in [1.82, 2.24) is 9.88 Å². The maximum Gasteiger partial charge on any atom is 0.272 e. The zero-order chi connectivity index (χ0) is 12.3. The third-order valence-corrected chi connectivity index (χ3v) is 3.01. The van der Waals surface area contributed by atoms with Crippen LogP contribution in [0.25, 0.3) is 0 Å². The second kappa shape index (κ2) is 5.23. The maximum absolute atomic E-state index is 12.7. The quantitative estimate of drug-likeness (QED) is 0.838. The smallest absolute Gasteiger partial charge is 0.272 e. The molecule has 1 N–H and O–H groups in total. The number of hydrogen-bond donors (Lipinski definition) is 1. The zero-order valence-corrected chi connectivity index (χ0v) is 9.47. The second-order valence-electron chi connectivity index (χ2n) is 4.30. The Morgan fingerprint density at radius 1 is 1.59 bits per heavy atom. The van der Waals surface area contributed by atoms with E-state index in [0.29, 0.717) is 13.1 Å². The number of piperidine rings is 1. The van der Waals surface area contributed by atoms with E-state index in [2.05, 4.69) is 4.98 Å². The number of amides is 1. The Morgan fingerprint density at radius 3 is 3.06 bits per heavy atom. The number of carbonyl (C=O) groups excluding carboxylic acids is 1. The summed E-state index contributed by atoms with van der Waals surface area (Å²) < 4.78 is 12.7. The average molecular weight is 238 g/mol. The third-order valence-electron chi connectivity index (χ3n) is 3.01. The predicted molar refractivity (Wildman–Crippen MR) is 59.9 cm³/mol. The van der Waals surface area contributed by atoms with Gasteiger partial charge in [0.25, 0.3) is 5.91 Å². The fourth-order valence-corrected chi connectivity index (χ4v) is 2.06. The molecule has 1 unspecified atom stereocenters. The van der Waals surface area contributed by atoms with E-state index in [-0.39, 0.29) is 24.1 Å². The van der Waals surface area contributed by atoms with E-state index in [9.17, 15) is 9.18 Å². The van der Waals surface area contributed by atoms with Gasteiger partial charge in [0, 0.05) is 19.7 Å². The first-order valence-corrected chi connectivity index (χ1v) is 5.72. The molecule has 1 aliphatic rings. The zero-order valence-electron chi connectivity index (χ0n) is 9.47. The summed E-state index contributed by atoms with van der Waals surface area (Å²) in [7, 11) is 0. The van der Waals surface area contributed by atoms with Gasteiger partial charge in [-0.15, -0.1) is 0 Å². The molecule has 1 fully saturated rings. The molecule has 17 heavy (non-hydrogen) atoms. The largest absolute Gasteiger partial charge is 0.396 e. The number of pyridine rings is 1. The second-order valence-corrected chi connectivity index (χ2v) is 4.30. The number of hydrogen-bond acceptors (Lipinski definition) is 3. The monoisotopic (exact) mass is 238 g/mol. The lowest BCUT2D eigenvalue weighted by atomic mass is 9.99. The van der Waals surface area contributed by atoms with Gasteiger partial charge in [0.05, 0.1) is 6.20 Å². The van der Waals surface area contributed by atoms with Crippen LogP contribution in [0, 0.1) is 11.7 Å². The van der Waals surface area contributed by atoms with Crippen molar-refractivity contribution in [2.45, 2.75) is 12.8 Å². The van der Waals surface area contributed by atoms with Gasteiger partial charge in [0.1, 0.15) is 11.5 Å². The van der Waals surface area contributed by atoms with Crippen molar-refractivity contribution in [2.75, 3.05) is 19.7 Å². The Balaban J connectivity index is 2.06. The Morgan fingerprint density at radius 2 is 2.41 bits per heavy atom. The molecule has 1 saturated heterocycles. The highest BCUT2D eigenvalue weighted by Crippen LogP contribution is 2.17. The van der Waals surface area contributed by atoms with Crippen molar-refractivity contribution in [3.05, 3.63) is 29.8 Å². The van der Waals surface area contributed by atoms with Crippen molar-refractivity contribution in [1.29, 1.82) is 0 Å². The first-order chi connectivity index (χ1) is 8.20. The van der Waals surface area contributed by atoms with E-state index in [1.54, 1.807) is 4.90 Å². The summed E-state index contributed by atoms with van der Waals surface area (Å²) in [6, 6.07) is 2.62. The molecule has 1 aromatic rings. The van der Waals surface area contributed by atoms with Gasteiger partial charge in [0.2, 0.25) is 0 Å². The predicted octanol–water partition coefficient (Wildman–Crippen LogP) is 1.07. The minimum absolute atomic E-state index is 0.0978. The summed E-state index contributed by atoms with van der Waals surface area (Å²) in [6.07, 6.45) is 2.87. The van der Waals surface area contributed by atoms with Crippen LogP contribution in [0.4, 0.5) is 4.39 Å². The van der Waals surface area contributed by atoms with Gasteiger partial charge in [-0.05, 0) is 30.9 Å². The van der Waals surface area contributed by atoms with Crippen molar-refractivity contribution < 1.29 is 14.3 Å². The fraction of sp³-hybridized carbons (Fsp3) is 0.500. The maximum atomic E-state index is 12.7. The number of likely N-dealkylation sites (tertiary alicyclic amines) is 1. The fourth-order valence-electron chi connectivity index (χ4n) is 2.06. The molecule has 2 heterocycles. The molecule has 0 radical (unpaired) electrons. The molecule has 1 aliphatic heterocycles. The molecule has 0 saturated carbocycles. The van der Waals surface area contributed by atoms with Crippen LogP contribution >= 0.6 is 0 Å². The van der Waals surface area contributed by atoms with Crippen LogP contribution in [0.3, 0.4) is 0 Å². The minimum Gasteiger partial charge on any atom is -0.396 e. The van der Waals surface area contributed by atoms with Gasteiger partial charge >= 0.3 is 0 Å². The lowest BCUT2D eigenvalue weighted by Gasteiger charge is -2.31. The Hall–Kier alpha value is -1.49. The van der Waals surface area contributed by atoms with Gasteiger partial charge in [-0.2, -0.15) is 0 Å². The number of rotatable bonds is 2. The summed E-state index contributed by atoms with van der Waals surface area (Å²) in [6.45, 7) is 1.32. The Kier molecular flexibility index (Phi) is 3.68. The molecule has 5 heteroatoms. The number of carbonyl (C=O) groups is 1. The highest BCUT2D eigenvalue weighted by molar-refractivity contribution is 5.92. The third kappa shape index (κ3) is 2.79. The Labute approximate surface area is 99.1 Å². The van der Waals surface area contributed by atoms with Crippen LogP contribution in [0.2, 0.25) is 0 Å². The molecule has 0 spiro atoms. The van der Waals surface area contributed by atoms with Crippen LogP contribution in [0.15, 0.2) is 18.3 Å². The molecular formula is C12H15FN2O2. The SMILES string of the molecule is O=C(c1ccc(F)cn1)N1CCCC(CO)C1. The summed E-state index contributed by atoms with van der Waals surface area (Å²) >= 11 is 0. The van der Waals surface area contributed by atoms with E-state index < -0.39 is 5.82 Å². The molecule has 1 atom stereocenters. The van der Waals surface area contributed by atoms with Crippen molar-refractivity contribution in [2.24, 2.45) is 5.92 Å². The molecule has 2 rings (SSSR count).